The largest absolute Gasteiger partial charge is 0.444 e. The first-order chi connectivity index (χ1) is 8.26. The van der Waals surface area contributed by atoms with Crippen molar-refractivity contribution in [2.45, 2.75) is 26.4 Å². The number of carbonyl (C=O) groups excluding carboxylic acids is 2. The molecule has 6 heteroatoms. The average Bonchev–Trinajstić information content (AvgIpc) is 2.69. The van der Waals surface area contributed by atoms with E-state index in [2.05, 4.69) is 0 Å². The van der Waals surface area contributed by atoms with E-state index in [0.29, 0.717) is 38.0 Å². The summed E-state index contributed by atoms with van der Waals surface area (Å²) in [4.78, 5) is 26.3. The van der Waals surface area contributed by atoms with Gasteiger partial charge in [-0.2, -0.15) is 0 Å². The molecule has 2 heterocycles. The molecule has 0 aromatic rings. The number of halogens is 1. The highest BCUT2D eigenvalue weighted by Crippen LogP contribution is 2.32. The zero-order chi connectivity index (χ0) is 13.5. The summed E-state index contributed by atoms with van der Waals surface area (Å²) in [5.41, 5.74) is -0.465. The van der Waals surface area contributed by atoms with E-state index in [1.807, 2.05) is 20.8 Å². The number of hydrogen-bond donors (Lipinski definition) is 0. The molecule has 0 saturated carbocycles. The number of nitrogens with zero attached hydrogens (tertiary/aromatic N) is 2. The predicted octanol–water partition coefficient (Wildman–Crippen LogP) is 2.14. The van der Waals surface area contributed by atoms with Gasteiger partial charge >= 0.3 is 11.5 Å². The topological polar surface area (TPSA) is 49.9 Å². The number of ether oxygens (including phenoxy) is 1. The molecule has 0 aliphatic carbocycles. The van der Waals surface area contributed by atoms with Crippen LogP contribution in [0.1, 0.15) is 20.8 Å². The first-order valence-corrected chi connectivity index (χ1v) is 6.56. The summed E-state index contributed by atoms with van der Waals surface area (Å²) in [6.45, 7) is 8.17. The fourth-order valence-corrected chi connectivity index (χ4v) is 2.75. The van der Waals surface area contributed by atoms with Crippen molar-refractivity contribution in [1.29, 1.82) is 0 Å². The maximum Gasteiger partial charge on any atom is 0.410 e. The Hall–Kier alpha value is -0.970. The number of rotatable bonds is 0. The lowest BCUT2D eigenvalue weighted by Gasteiger charge is -2.25. The van der Waals surface area contributed by atoms with Gasteiger partial charge in [0.05, 0.1) is 0 Å². The summed E-state index contributed by atoms with van der Waals surface area (Å²) < 4.78 is 5.34. The van der Waals surface area contributed by atoms with Crippen molar-refractivity contribution in [2.24, 2.45) is 11.8 Å². The molecule has 0 spiro atoms. The van der Waals surface area contributed by atoms with Gasteiger partial charge in [-0.3, -0.25) is 4.79 Å². The maximum atomic E-state index is 11.9. The normalized spacial score (nSPS) is 27.3. The number of amides is 2. The van der Waals surface area contributed by atoms with Gasteiger partial charge in [-0.15, -0.1) is 0 Å². The van der Waals surface area contributed by atoms with Crippen LogP contribution in [0.15, 0.2) is 0 Å². The second kappa shape index (κ2) is 4.61. The number of hydrogen-bond acceptors (Lipinski definition) is 3. The van der Waals surface area contributed by atoms with E-state index in [4.69, 9.17) is 16.3 Å². The summed E-state index contributed by atoms with van der Waals surface area (Å²) in [6.07, 6.45) is -0.263. The average molecular weight is 275 g/mol. The molecule has 0 aromatic carbocycles. The lowest BCUT2D eigenvalue weighted by atomic mass is 10.0. The van der Waals surface area contributed by atoms with Crippen molar-refractivity contribution in [2.75, 3.05) is 26.2 Å². The fourth-order valence-electron chi connectivity index (χ4n) is 2.61. The summed E-state index contributed by atoms with van der Waals surface area (Å²) in [7, 11) is 0. The van der Waals surface area contributed by atoms with Gasteiger partial charge in [0.1, 0.15) is 5.60 Å². The first kappa shape index (κ1) is 13.5. The van der Waals surface area contributed by atoms with Gasteiger partial charge in [0.2, 0.25) is 0 Å². The van der Waals surface area contributed by atoms with Crippen LogP contribution < -0.4 is 0 Å². The van der Waals surface area contributed by atoms with Crippen LogP contribution in [-0.2, 0) is 4.74 Å². The number of carbonyl (C=O) groups is 2. The molecular weight excluding hydrogens is 256 g/mol. The quantitative estimate of drug-likeness (QED) is 0.502. The van der Waals surface area contributed by atoms with Crippen LogP contribution in [0.3, 0.4) is 0 Å². The molecule has 18 heavy (non-hydrogen) atoms. The Balaban J connectivity index is 1.89. The van der Waals surface area contributed by atoms with Crippen molar-refractivity contribution in [1.82, 2.24) is 9.80 Å². The van der Waals surface area contributed by atoms with Gasteiger partial charge in [0.15, 0.2) is 0 Å². The minimum Gasteiger partial charge on any atom is -0.444 e. The van der Waals surface area contributed by atoms with E-state index in [1.165, 1.54) is 0 Å². The van der Waals surface area contributed by atoms with Gasteiger partial charge < -0.3 is 14.5 Å². The highest BCUT2D eigenvalue weighted by atomic mass is 35.5. The van der Waals surface area contributed by atoms with E-state index in [0.717, 1.165) is 0 Å². The van der Waals surface area contributed by atoms with E-state index in [1.54, 1.807) is 9.80 Å². The second-order valence-electron chi connectivity index (χ2n) is 6.06. The van der Waals surface area contributed by atoms with Crippen LogP contribution in [-0.4, -0.2) is 53.0 Å². The Morgan fingerprint density at radius 1 is 1.06 bits per heavy atom. The summed E-state index contributed by atoms with van der Waals surface area (Å²) in [6, 6.07) is 0. The fraction of sp³-hybridized carbons (Fsp3) is 0.833. The van der Waals surface area contributed by atoms with Gasteiger partial charge in [0.25, 0.3) is 0 Å². The van der Waals surface area contributed by atoms with Crippen LogP contribution in [0.25, 0.3) is 0 Å². The van der Waals surface area contributed by atoms with Crippen molar-refractivity contribution >= 4 is 23.1 Å². The van der Waals surface area contributed by atoms with Crippen LogP contribution in [0.4, 0.5) is 9.59 Å². The van der Waals surface area contributed by atoms with Crippen molar-refractivity contribution in [3.8, 4) is 0 Å². The predicted molar refractivity (Wildman–Crippen MR) is 67.6 cm³/mol. The van der Waals surface area contributed by atoms with Crippen molar-refractivity contribution in [3.63, 3.8) is 0 Å². The highest BCUT2D eigenvalue weighted by molar-refractivity contribution is 6.62. The van der Waals surface area contributed by atoms with E-state index >= 15 is 0 Å². The lowest BCUT2D eigenvalue weighted by molar-refractivity contribution is 0.0277. The minimum absolute atomic E-state index is 0.263. The zero-order valence-electron chi connectivity index (χ0n) is 11.0. The summed E-state index contributed by atoms with van der Waals surface area (Å²) >= 11 is 5.46. The maximum absolute atomic E-state index is 11.9. The molecule has 2 aliphatic rings. The molecule has 0 bridgehead atoms. The third-order valence-corrected chi connectivity index (χ3v) is 3.63. The van der Waals surface area contributed by atoms with E-state index < -0.39 is 11.0 Å². The molecule has 2 aliphatic heterocycles. The Bertz CT molecular complexity index is 353. The third kappa shape index (κ3) is 2.88. The first-order valence-electron chi connectivity index (χ1n) is 6.18. The van der Waals surface area contributed by atoms with Crippen LogP contribution >= 0.6 is 11.6 Å². The molecule has 0 radical (unpaired) electrons. The molecular formula is C12H19ClN2O3. The molecule has 2 fully saturated rings. The molecule has 0 aromatic heterocycles. The van der Waals surface area contributed by atoms with Crippen LogP contribution in [0.2, 0.25) is 0 Å². The van der Waals surface area contributed by atoms with Crippen LogP contribution in [0.5, 0.6) is 0 Å². The molecule has 102 valence electrons. The van der Waals surface area contributed by atoms with E-state index in [9.17, 15) is 9.59 Å². The number of likely N-dealkylation sites (tertiary alicyclic amines) is 2. The number of fused-ring (bicyclic) bond motifs is 1. The monoisotopic (exact) mass is 274 g/mol. The zero-order valence-corrected chi connectivity index (χ0v) is 11.7. The van der Waals surface area contributed by atoms with Gasteiger partial charge in [-0.25, -0.2) is 4.79 Å². The minimum atomic E-state index is -0.465. The SMILES string of the molecule is CC(C)(C)OC(=O)N1CC2CN(C(=O)Cl)CC2C1. The molecule has 2 atom stereocenters. The Morgan fingerprint density at radius 3 is 1.89 bits per heavy atom. The molecule has 2 unspecified atom stereocenters. The molecule has 5 nitrogen and oxygen atoms in total. The van der Waals surface area contributed by atoms with Crippen molar-refractivity contribution in [3.05, 3.63) is 0 Å². The van der Waals surface area contributed by atoms with Gasteiger partial charge in [0, 0.05) is 38.0 Å². The Kier molecular flexibility index (Phi) is 3.45. The van der Waals surface area contributed by atoms with Crippen molar-refractivity contribution < 1.29 is 14.3 Å². The van der Waals surface area contributed by atoms with Gasteiger partial charge in [-0.1, -0.05) is 0 Å². The lowest BCUT2D eigenvalue weighted by Crippen LogP contribution is -2.37. The smallest absolute Gasteiger partial charge is 0.410 e. The Morgan fingerprint density at radius 2 is 1.50 bits per heavy atom. The standard InChI is InChI=1S/C12H19ClN2O3/c1-12(2,3)18-11(17)15-6-8-4-14(10(13)16)5-9(8)7-15/h8-9H,4-7H2,1-3H3. The molecule has 2 saturated heterocycles. The third-order valence-electron chi connectivity index (χ3n) is 3.39. The second-order valence-corrected chi connectivity index (χ2v) is 6.39. The highest BCUT2D eigenvalue weighted by Gasteiger charge is 2.43. The van der Waals surface area contributed by atoms with Crippen LogP contribution in [0, 0.1) is 11.8 Å². The summed E-state index contributed by atoms with van der Waals surface area (Å²) in [5, 5.41) is -0.395. The molecule has 2 rings (SSSR count). The van der Waals surface area contributed by atoms with Gasteiger partial charge in [-0.05, 0) is 32.4 Å². The summed E-state index contributed by atoms with van der Waals surface area (Å²) in [5.74, 6) is 0.667. The molecule has 0 N–H and O–H groups in total. The molecule has 2 amide bonds. The Labute approximate surface area is 112 Å². The van der Waals surface area contributed by atoms with E-state index in [-0.39, 0.29) is 6.09 Å².